The van der Waals surface area contributed by atoms with Crippen LogP contribution in [0, 0.1) is 18.8 Å². The number of amides is 2. The third-order valence-electron chi connectivity index (χ3n) is 7.16. The number of carbonyl (C=O) groups excluding carboxylic acids is 4. The van der Waals surface area contributed by atoms with Crippen molar-refractivity contribution in [1.82, 2.24) is 4.90 Å². The summed E-state index contributed by atoms with van der Waals surface area (Å²) in [7, 11) is 0. The van der Waals surface area contributed by atoms with Gasteiger partial charge in [-0.3, -0.25) is 24.1 Å². The number of ether oxygens (including phenoxy) is 1. The van der Waals surface area contributed by atoms with Crippen LogP contribution < -0.4 is 0 Å². The molecule has 6 heteroatoms. The van der Waals surface area contributed by atoms with Gasteiger partial charge in [-0.2, -0.15) is 0 Å². The number of benzene rings is 3. The molecule has 3 atom stereocenters. The highest BCUT2D eigenvalue weighted by atomic mass is 16.5. The molecule has 6 rings (SSSR count). The zero-order valence-electron chi connectivity index (χ0n) is 18.4. The average Bonchev–Trinajstić information content (AvgIpc) is 3.41. The Morgan fingerprint density at radius 2 is 1.44 bits per heavy atom. The fourth-order valence-corrected chi connectivity index (χ4v) is 5.65. The highest BCUT2D eigenvalue weighted by molar-refractivity contribution is 6.35. The Hall–Kier alpha value is -3.90. The normalized spacial score (nSPS) is 24.7. The number of likely N-dealkylation sites (tertiary alicyclic amines) is 1. The summed E-state index contributed by atoms with van der Waals surface area (Å²) in [5.41, 5.74) is 0.852. The minimum atomic E-state index is -2.03. The van der Waals surface area contributed by atoms with Crippen molar-refractivity contribution in [2.75, 3.05) is 0 Å². The first-order chi connectivity index (χ1) is 16.4. The standard InChI is InChI=1S/C28H21NO5/c1-16-8-7-11-18(14-16)23-21-22(27(33)29(26(21)32)15-17-9-3-2-4-10-17)28(34-23)24(30)19-12-5-6-13-20(19)25(28)31/h2-14,21-23H,15H2,1H3/t21-,22-,23-/m0/s1. The zero-order chi connectivity index (χ0) is 23.6. The van der Waals surface area contributed by atoms with Crippen molar-refractivity contribution in [3.8, 4) is 0 Å². The van der Waals surface area contributed by atoms with Crippen molar-refractivity contribution >= 4 is 23.4 Å². The first-order valence-electron chi connectivity index (χ1n) is 11.3. The van der Waals surface area contributed by atoms with Crippen LogP contribution in [0.25, 0.3) is 0 Å². The van der Waals surface area contributed by atoms with Gasteiger partial charge in [-0.25, -0.2) is 0 Å². The predicted molar refractivity (Wildman–Crippen MR) is 122 cm³/mol. The summed E-state index contributed by atoms with van der Waals surface area (Å²) in [4.78, 5) is 56.1. The van der Waals surface area contributed by atoms with E-state index < -0.39 is 46.9 Å². The molecule has 34 heavy (non-hydrogen) atoms. The molecule has 0 unspecified atom stereocenters. The van der Waals surface area contributed by atoms with Crippen LogP contribution in [-0.2, 0) is 20.9 Å². The molecule has 3 aromatic carbocycles. The van der Waals surface area contributed by atoms with Gasteiger partial charge in [-0.1, -0.05) is 84.4 Å². The Morgan fingerprint density at radius 1 is 0.794 bits per heavy atom. The second-order valence-electron chi connectivity index (χ2n) is 9.14. The van der Waals surface area contributed by atoms with Crippen LogP contribution in [0.15, 0.2) is 78.9 Å². The summed E-state index contributed by atoms with van der Waals surface area (Å²) < 4.78 is 6.30. The molecule has 168 valence electrons. The maximum absolute atomic E-state index is 13.8. The molecule has 0 bridgehead atoms. The lowest BCUT2D eigenvalue weighted by atomic mass is 9.77. The SMILES string of the molecule is Cc1cccc([C@@H]2OC3(C(=O)c4ccccc4C3=O)[C@@H]3C(=O)N(Cc4ccccc4)C(=O)[C@@H]32)c1. The van der Waals surface area contributed by atoms with Crippen LogP contribution in [-0.4, -0.2) is 33.9 Å². The van der Waals surface area contributed by atoms with E-state index in [0.29, 0.717) is 5.56 Å². The van der Waals surface area contributed by atoms with Gasteiger partial charge in [-0.15, -0.1) is 0 Å². The molecule has 0 aromatic heterocycles. The number of aryl methyl sites for hydroxylation is 1. The zero-order valence-corrected chi connectivity index (χ0v) is 18.4. The van der Waals surface area contributed by atoms with E-state index in [2.05, 4.69) is 0 Å². The van der Waals surface area contributed by atoms with E-state index >= 15 is 0 Å². The maximum Gasteiger partial charge on any atom is 0.237 e. The van der Waals surface area contributed by atoms with Gasteiger partial charge >= 0.3 is 0 Å². The summed E-state index contributed by atoms with van der Waals surface area (Å²) >= 11 is 0. The van der Waals surface area contributed by atoms with E-state index in [1.165, 1.54) is 4.90 Å². The molecular formula is C28H21NO5. The predicted octanol–water partition coefficient (Wildman–Crippen LogP) is 3.69. The number of fused-ring (bicyclic) bond motifs is 3. The van der Waals surface area contributed by atoms with E-state index in [9.17, 15) is 19.2 Å². The molecule has 0 N–H and O–H groups in total. The summed E-state index contributed by atoms with van der Waals surface area (Å²) in [5, 5.41) is 0. The lowest BCUT2D eigenvalue weighted by Gasteiger charge is -2.27. The molecule has 2 fully saturated rings. The van der Waals surface area contributed by atoms with Crippen LogP contribution >= 0.6 is 0 Å². The van der Waals surface area contributed by atoms with Gasteiger partial charge in [-0.05, 0) is 18.1 Å². The number of carbonyl (C=O) groups is 4. The summed E-state index contributed by atoms with van der Waals surface area (Å²) in [6.07, 6.45) is -0.885. The molecule has 1 spiro atoms. The molecule has 2 amide bonds. The van der Waals surface area contributed by atoms with Gasteiger partial charge in [0, 0.05) is 11.1 Å². The Morgan fingerprint density at radius 3 is 2.09 bits per heavy atom. The molecule has 0 radical (unpaired) electrons. The molecule has 2 aliphatic heterocycles. The van der Waals surface area contributed by atoms with Gasteiger partial charge < -0.3 is 4.74 Å². The number of imide groups is 1. The number of ketones is 2. The lowest BCUT2D eigenvalue weighted by molar-refractivity contribution is -0.145. The number of nitrogens with zero attached hydrogens (tertiary/aromatic N) is 1. The van der Waals surface area contributed by atoms with Crippen molar-refractivity contribution in [3.63, 3.8) is 0 Å². The molecule has 6 nitrogen and oxygen atoms in total. The first kappa shape index (κ1) is 20.7. The Kier molecular flexibility index (Phi) is 4.44. The minimum absolute atomic E-state index is 0.0808. The van der Waals surface area contributed by atoms with Crippen molar-refractivity contribution in [2.24, 2.45) is 11.8 Å². The van der Waals surface area contributed by atoms with Crippen molar-refractivity contribution in [2.45, 2.75) is 25.2 Å². The molecule has 2 heterocycles. The second-order valence-corrected chi connectivity index (χ2v) is 9.14. The number of rotatable bonds is 3. The van der Waals surface area contributed by atoms with E-state index in [1.807, 2.05) is 61.5 Å². The second kappa shape index (κ2) is 7.30. The van der Waals surface area contributed by atoms with E-state index in [0.717, 1.165) is 11.1 Å². The van der Waals surface area contributed by atoms with Gasteiger partial charge in [0.2, 0.25) is 29.0 Å². The van der Waals surface area contributed by atoms with Crippen LogP contribution in [0.3, 0.4) is 0 Å². The van der Waals surface area contributed by atoms with Crippen LogP contribution in [0.1, 0.15) is 43.5 Å². The van der Waals surface area contributed by atoms with Crippen molar-refractivity contribution in [1.29, 1.82) is 0 Å². The van der Waals surface area contributed by atoms with E-state index in [-0.39, 0.29) is 17.7 Å². The third kappa shape index (κ3) is 2.66. The van der Waals surface area contributed by atoms with Crippen LogP contribution in [0.4, 0.5) is 0 Å². The van der Waals surface area contributed by atoms with Crippen molar-refractivity contribution < 1.29 is 23.9 Å². The highest BCUT2D eigenvalue weighted by Crippen LogP contribution is 2.57. The topological polar surface area (TPSA) is 80.8 Å². The fraction of sp³-hybridized carbons (Fsp3) is 0.214. The smallest absolute Gasteiger partial charge is 0.237 e. The number of Topliss-reactive ketones (excluding diaryl/α,β-unsaturated/α-hetero) is 2. The molecule has 3 aliphatic rings. The largest absolute Gasteiger partial charge is 0.349 e. The summed E-state index contributed by atoms with van der Waals surface area (Å²) in [6.45, 7) is 1.99. The van der Waals surface area contributed by atoms with Gasteiger partial charge in [0.1, 0.15) is 0 Å². The van der Waals surface area contributed by atoms with Gasteiger partial charge in [0.05, 0.1) is 24.5 Å². The molecule has 3 aromatic rings. The Bertz CT molecular complexity index is 1340. The van der Waals surface area contributed by atoms with E-state index in [4.69, 9.17) is 4.74 Å². The summed E-state index contributed by atoms with van der Waals surface area (Å²) in [5.74, 6) is -4.20. The van der Waals surface area contributed by atoms with Gasteiger partial charge in [0.15, 0.2) is 0 Å². The fourth-order valence-electron chi connectivity index (χ4n) is 5.65. The van der Waals surface area contributed by atoms with Crippen LogP contribution in [0.2, 0.25) is 0 Å². The monoisotopic (exact) mass is 451 g/mol. The third-order valence-corrected chi connectivity index (χ3v) is 7.16. The average molecular weight is 451 g/mol. The number of hydrogen-bond donors (Lipinski definition) is 0. The molecule has 0 saturated carbocycles. The quantitative estimate of drug-likeness (QED) is 0.448. The molecule has 1 aliphatic carbocycles. The van der Waals surface area contributed by atoms with Crippen LogP contribution in [0.5, 0.6) is 0 Å². The van der Waals surface area contributed by atoms with Gasteiger partial charge in [0.25, 0.3) is 0 Å². The minimum Gasteiger partial charge on any atom is -0.349 e. The summed E-state index contributed by atoms with van der Waals surface area (Å²) in [6, 6.07) is 23.1. The first-order valence-corrected chi connectivity index (χ1v) is 11.3. The van der Waals surface area contributed by atoms with Crippen molar-refractivity contribution in [3.05, 3.63) is 107 Å². The molecular weight excluding hydrogens is 430 g/mol. The Balaban J connectivity index is 1.50. The number of hydrogen-bond acceptors (Lipinski definition) is 5. The molecule has 2 saturated heterocycles. The highest BCUT2D eigenvalue weighted by Gasteiger charge is 2.74. The maximum atomic E-state index is 13.8. The Labute approximate surface area is 196 Å². The van der Waals surface area contributed by atoms with E-state index in [1.54, 1.807) is 24.3 Å². The lowest BCUT2D eigenvalue weighted by Crippen LogP contribution is -2.50.